The lowest BCUT2D eigenvalue weighted by atomic mass is 10.1. The van der Waals surface area contributed by atoms with Gasteiger partial charge in [0.05, 0.1) is 33.3 Å². The number of aromatic carboxylic acids is 1. The summed E-state index contributed by atoms with van der Waals surface area (Å²) in [6.45, 7) is 0.108. The summed E-state index contributed by atoms with van der Waals surface area (Å²) in [6.07, 6.45) is 1.67. The van der Waals surface area contributed by atoms with Crippen molar-refractivity contribution >= 4 is 63.8 Å². The van der Waals surface area contributed by atoms with E-state index in [1.165, 1.54) is 13.2 Å². The number of halogens is 2. The van der Waals surface area contributed by atoms with E-state index in [9.17, 15) is 14.7 Å². The Balaban J connectivity index is 1.60. The van der Waals surface area contributed by atoms with Crippen LogP contribution in [0.3, 0.4) is 0 Å². The van der Waals surface area contributed by atoms with E-state index in [1.807, 2.05) is 0 Å². The van der Waals surface area contributed by atoms with Crippen LogP contribution in [0.15, 0.2) is 70.6 Å². The average molecular weight is 529 g/mol. The van der Waals surface area contributed by atoms with Gasteiger partial charge in [-0.15, -0.1) is 0 Å². The van der Waals surface area contributed by atoms with Crippen molar-refractivity contribution in [2.45, 2.75) is 6.61 Å². The summed E-state index contributed by atoms with van der Waals surface area (Å²) in [7, 11) is 1.51. The van der Waals surface area contributed by atoms with Gasteiger partial charge in [-0.2, -0.15) is 0 Å². The van der Waals surface area contributed by atoms with Gasteiger partial charge < -0.3 is 19.9 Å². The van der Waals surface area contributed by atoms with Crippen molar-refractivity contribution in [1.82, 2.24) is 5.32 Å². The van der Waals surface area contributed by atoms with Gasteiger partial charge in [-0.1, -0.05) is 53.5 Å². The highest BCUT2D eigenvalue weighted by Crippen LogP contribution is 2.37. The van der Waals surface area contributed by atoms with E-state index < -0.39 is 5.97 Å². The summed E-state index contributed by atoms with van der Waals surface area (Å²) >= 11 is 13.4. The van der Waals surface area contributed by atoms with Crippen molar-refractivity contribution in [1.29, 1.82) is 0 Å². The number of rotatable bonds is 7. The molecular weight excluding hydrogens is 511 g/mol. The van der Waals surface area contributed by atoms with Crippen LogP contribution in [-0.2, 0) is 11.4 Å². The Morgan fingerprint density at radius 3 is 2.69 bits per heavy atom. The number of thioether (sulfide) groups is 1. The Morgan fingerprint density at radius 2 is 1.91 bits per heavy atom. The van der Waals surface area contributed by atoms with E-state index in [-0.39, 0.29) is 18.1 Å². The van der Waals surface area contributed by atoms with Crippen LogP contribution in [0.25, 0.3) is 6.08 Å². The van der Waals surface area contributed by atoms with E-state index in [2.05, 4.69) is 10.3 Å². The number of nitrogens with zero attached hydrogens (tertiary/aromatic N) is 1. The molecule has 0 bridgehead atoms. The van der Waals surface area contributed by atoms with Gasteiger partial charge in [0.15, 0.2) is 16.7 Å². The van der Waals surface area contributed by atoms with Crippen LogP contribution in [0, 0.1) is 0 Å². The highest BCUT2D eigenvalue weighted by atomic mass is 35.5. The minimum absolute atomic E-state index is 0.108. The van der Waals surface area contributed by atoms with Crippen molar-refractivity contribution in [3.63, 3.8) is 0 Å². The fraction of sp³-hybridized carbons (Fsp3) is 0.0800. The largest absolute Gasteiger partial charge is 0.493 e. The first kappa shape index (κ1) is 24.7. The van der Waals surface area contributed by atoms with Crippen molar-refractivity contribution in [3.8, 4) is 11.5 Å². The second-order valence-corrected chi connectivity index (χ2v) is 9.04. The molecule has 178 valence electrons. The highest BCUT2D eigenvalue weighted by molar-refractivity contribution is 8.18. The molecular formula is C25H18Cl2N2O5S. The van der Waals surface area contributed by atoms with E-state index in [0.717, 1.165) is 11.8 Å². The Kier molecular flexibility index (Phi) is 7.65. The summed E-state index contributed by atoms with van der Waals surface area (Å²) in [5.74, 6) is -0.457. The average Bonchev–Trinajstić information content (AvgIpc) is 3.19. The Labute approximate surface area is 215 Å². The molecule has 1 amide bonds. The lowest BCUT2D eigenvalue weighted by molar-refractivity contribution is -0.115. The molecule has 1 aliphatic rings. The highest BCUT2D eigenvalue weighted by Gasteiger charge is 2.25. The lowest BCUT2D eigenvalue weighted by Crippen LogP contribution is -2.19. The zero-order valence-corrected chi connectivity index (χ0v) is 20.6. The second-order valence-electron chi connectivity index (χ2n) is 7.23. The van der Waals surface area contributed by atoms with Crippen molar-refractivity contribution in [2.75, 3.05) is 7.11 Å². The molecule has 1 fully saturated rings. The third-order valence-corrected chi connectivity index (χ3v) is 6.60. The van der Waals surface area contributed by atoms with Crippen LogP contribution in [0.5, 0.6) is 11.5 Å². The molecule has 35 heavy (non-hydrogen) atoms. The number of benzene rings is 3. The minimum Gasteiger partial charge on any atom is -0.493 e. The molecule has 1 heterocycles. The number of carboxylic acids is 1. The molecule has 0 aliphatic carbocycles. The maximum atomic E-state index is 12.6. The fourth-order valence-electron chi connectivity index (χ4n) is 3.22. The van der Waals surface area contributed by atoms with Crippen LogP contribution >= 0.6 is 35.0 Å². The number of carbonyl (C=O) groups excluding carboxylic acids is 1. The van der Waals surface area contributed by atoms with Crippen molar-refractivity contribution in [3.05, 3.63) is 92.3 Å². The summed E-state index contributed by atoms with van der Waals surface area (Å²) in [5, 5.41) is 13.0. The standard InChI is InChI=1S/C25H18Cl2N2O5S/c1-33-19-10-3-6-15(22(19)34-13-14-5-2-7-16(11-14)24(31)32)12-20-23(30)29-25(35-20)28-18-9-4-8-17(26)21(18)27/h2-12H,13H2,1H3,(H,31,32)(H,28,29,30). The minimum atomic E-state index is -1.02. The van der Waals surface area contributed by atoms with Crippen LogP contribution in [0.4, 0.5) is 5.69 Å². The maximum absolute atomic E-state index is 12.6. The maximum Gasteiger partial charge on any atom is 0.335 e. The van der Waals surface area contributed by atoms with Crippen LogP contribution < -0.4 is 14.8 Å². The molecule has 10 heteroatoms. The molecule has 4 rings (SSSR count). The van der Waals surface area contributed by atoms with Gasteiger partial charge >= 0.3 is 5.97 Å². The quantitative estimate of drug-likeness (QED) is 0.356. The molecule has 0 unspecified atom stereocenters. The predicted molar refractivity (Wildman–Crippen MR) is 138 cm³/mol. The topological polar surface area (TPSA) is 97.2 Å². The molecule has 7 nitrogen and oxygen atoms in total. The monoisotopic (exact) mass is 528 g/mol. The molecule has 1 saturated heterocycles. The van der Waals surface area contributed by atoms with Gasteiger partial charge in [0, 0.05) is 5.56 Å². The van der Waals surface area contributed by atoms with Crippen LogP contribution in [0.2, 0.25) is 10.0 Å². The summed E-state index contributed by atoms with van der Waals surface area (Å²) in [5.41, 5.74) is 1.89. The molecule has 1 aliphatic heterocycles. The molecule has 0 saturated carbocycles. The first-order valence-corrected chi connectivity index (χ1v) is 11.8. The number of hydrogen-bond donors (Lipinski definition) is 2. The lowest BCUT2D eigenvalue weighted by Gasteiger charge is -2.14. The van der Waals surface area contributed by atoms with E-state index in [1.54, 1.807) is 60.7 Å². The normalized spacial score (nSPS) is 15.3. The van der Waals surface area contributed by atoms with Gasteiger partial charge in [-0.3, -0.25) is 4.79 Å². The fourth-order valence-corrected chi connectivity index (χ4v) is 4.38. The Hall–Kier alpha value is -3.46. The van der Waals surface area contributed by atoms with Crippen LogP contribution in [0.1, 0.15) is 21.5 Å². The second kappa shape index (κ2) is 10.9. The number of aliphatic imine (C=N–C) groups is 1. The zero-order chi connectivity index (χ0) is 24.9. The predicted octanol–water partition coefficient (Wildman–Crippen LogP) is 6.17. The van der Waals surface area contributed by atoms with Gasteiger partial charge in [0.1, 0.15) is 6.61 Å². The first-order valence-electron chi connectivity index (χ1n) is 10.2. The number of para-hydroxylation sites is 1. The third-order valence-electron chi connectivity index (χ3n) is 4.88. The number of amidine groups is 1. The molecule has 0 radical (unpaired) electrons. The number of hydrogen-bond acceptors (Lipinski definition) is 6. The van der Waals surface area contributed by atoms with Crippen molar-refractivity contribution in [2.24, 2.45) is 4.99 Å². The SMILES string of the molecule is COc1cccc(C=C2SC(=Nc3cccc(Cl)c3Cl)NC2=O)c1OCc1cccc(C(=O)O)c1. The molecule has 3 aromatic rings. The Bertz CT molecular complexity index is 1370. The number of ether oxygens (including phenoxy) is 2. The van der Waals surface area contributed by atoms with Gasteiger partial charge in [-0.05, 0) is 53.7 Å². The number of methoxy groups -OCH3 is 1. The van der Waals surface area contributed by atoms with Crippen LogP contribution in [-0.4, -0.2) is 29.3 Å². The number of nitrogens with one attached hydrogen (secondary N) is 1. The Morgan fingerprint density at radius 1 is 1.14 bits per heavy atom. The number of amides is 1. The molecule has 0 atom stereocenters. The summed E-state index contributed by atoms with van der Waals surface area (Å²) in [4.78, 5) is 28.7. The molecule has 0 spiro atoms. The molecule has 3 aromatic carbocycles. The first-order chi connectivity index (χ1) is 16.9. The van der Waals surface area contributed by atoms with E-state index in [4.69, 9.17) is 32.7 Å². The van der Waals surface area contributed by atoms with E-state index >= 15 is 0 Å². The number of carbonyl (C=O) groups is 2. The number of carboxylic acid groups (broad SMARTS) is 1. The van der Waals surface area contributed by atoms with Gasteiger partial charge in [-0.25, -0.2) is 9.79 Å². The van der Waals surface area contributed by atoms with Crippen molar-refractivity contribution < 1.29 is 24.2 Å². The van der Waals surface area contributed by atoms with Gasteiger partial charge in [0.2, 0.25) is 0 Å². The molecule has 2 N–H and O–H groups in total. The van der Waals surface area contributed by atoms with Gasteiger partial charge in [0.25, 0.3) is 5.91 Å². The molecule has 0 aromatic heterocycles. The van der Waals surface area contributed by atoms with E-state index in [0.29, 0.717) is 48.4 Å². The zero-order valence-electron chi connectivity index (χ0n) is 18.2. The summed E-state index contributed by atoms with van der Waals surface area (Å²) < 4.78 is 11.5. The third kappa shape index (κ3) is 5.79. The summed E-state index contributed by atoms with van der Waals surface area (Å²) in [6, 6.07) is 16.8. The smallest absolute Gasteiger partial charge is 0.335 e.